The summed E-state index contributed by atoms with van der Waals surface area (Å²) in [6, 6.07) is 7.17. The number of nitrogens with zero attached hydrogens (tertiary/aromatic N) is 2. The van der Waals surface area contributed by atoms with Crippen LogP contribution in [0.3, 0.4) is 0 Å². The molecule has 2 N–H and O–H groups in total. The van der Waals surface area contributed by atoms with Crippen molar-refractivity contribution in [3.63, 3.8) is 0 Å². The standard InChI is InChI=1S/C12H11N4/c1-7-5-10-11(6-8(7)2)15-12(14-10)9-3-4-13-16-9/h4-6H,1-2H3,(H,13,16)(H,14,15). The van der Waals surface area contributed by atoms with Crippen molar-refractivity contribution in [1.29, 1.82) is 0 Å². The highest BCUT2D eigenvalue weighted by atomic mass is 15.1. The van der Waals surface area contributed by atoms with E-state index in [-0.39, 0.29) is 0 Å². The molecular weight excluding hydrogens is 200 g/mol. The van der Waals surface area contributed by atoms with Gasteiger partial charge in [0, 0.05) is 12.3 Å². The minimum Gasteiger partial charge on any atom is -0.337 e. The number of H-pyrrole nitrogens is 2. The molecule has 79 valence electrons. The van der Waals surface area contributed by atoms with E-state index in [0.717, 1.165) is 16.9 Å². The summed E-state index contributed by atoms with van der Waals surface area (Å²) in [6.07, 6.45) is 1.67. The van der Waals surface area contributed by atoms with Gasteiger partial charge in [0.15, 0.2) is 5.82 Å². The van der Waals surface area contributed by atoms with E-state index in [1.807, 2.05) is 0 Å². The van der Waals surface area contributed by atoms with Gasteiger partial charge in [0.2, 0.25) is 0 Å². The van der Waals surface area contributed by atoms with E-state index in [4.69, 9.17) is 0 Å². The fourth-order valence-electron chi connectivity index (χ4n) is 1.73. The molecule has 1 radical (unpaired) electrons. The van der Waals surface area contributed by atoms with E-state index in [9.17, 15) is 0 Å². The lowest BCUT2D eigenvalue weighted by Crippen LogP contribution is -1.79. The molecule has 3 aromatic rings. The van der Waals surface area contributed by atoms with Crippen molar-refractivity contribution in [3.8, 4) is 11.5 Å². The molecule has 0 aliphatic heterocycles. The number of hydrogen-bond acceptors (Lipinski definition) is 2. The van der Waals surface area contributed by atoms with Crippen LogP contribution in [-0.2, 0) is 0 Å². The minimum atomic E-state index is 0.714. The molecule has 4 nitrogen and oxygen atoms in total. The summed E-state index contributed by atoms with van der Waals surface area (Å²) < 4.78 is 0. The molecule has 4 heteroatoms. The molecule has 0 spiro atoms. The normalized spacial score (nSPS) is 11.1. The highest BCUT2D eigenvalue weighted by molar-refractivity contribution is 5.80. The van der Waals surface area contributed by atoms with Crippen molar-refractivity contribution >= 4 is 11.0 Å². The van der Waals surface area contributed by atoms with Gasteiger partial charge in [-0.1, -0.05) is 0 Å². The number of rotatable bonds is 1. The summed E-state index contributed by atoms with van der Waals surface area (Å²) in [5, 5.41) is 6.78. The van der Waals surface area contributed by atoms with Crippen LogP contribution in [-0.4, -0.2) is 20.2 Å². The summed E-state index contributed by atoms with van der Waals surface area (Å²) in [7, 11) is 0. The van der Waals surface area contributed by atoms with Crippen molar-refractivity contribution in [2.75, 3.05) is 0 Å². The highest BCUT2D eigenvalue weighted by Crippen LogP contribution is 2.21. The first-order chi connectivity index (χ1) is 7.74. The van der Waals surface area contributed by atoms with E-state index < -0.39 is 0 Å². The van der Waals surface area contributed by atoms with E-state index in [2.05, 4.69) is 52.2 Å². The number of aromatic nitrogens is 4. The first-order valence-corrected chi connectivity index (χ1v) is 5.13. The molecule has 2 aromatic heterocycles. The lowest BCUT2D eigenvalue weighted by Gasteiger charge is -1.97. The van der Waals surface area contributed by atoms with E-state index in [1.54, 1.807) is 6.20 Å². The van der Waals surface area contributed by atoms with Crippen LogP contribution in [0.2, 0.25) is 0 Å². The summed E-state index contributed by atoms with van der Waals surface area (Å²) in [5.74, 6) is 0.751. The van der Waals surface area contributed by atoms with Crippen LogP contribution < -0.4 is 0 Å². The van der Waals surface area contributed by atoms with Crippen molar-refractivity contribution in [2.24, 2.45) is 0 Å². The van der Waals surface area contributed by atoms with Crippen LogP contribution >= 0.6 is 0 Å². The number of aryl methyl sites for hydroxylation is 2. The number of fused-ring (bicyclic) bond motifs is 1. The Kier molecular flexibility index (Phi) is 1.83. The van der Waals surface area contributed by atoms with Gasteiger partial charge in [0.05, 0.1) is 11.0 Å². The van der Waals surface area contributed by atoms with Crippen molar-refractivity contribution in [1.82, 2.24) is 20.2 Å². The number of benzene rings is 1. The Morgan fingerprint density at radius 2 is 2.00 bits per heavy atom. The second kappa shape index (κ2) is 3.20. The smallest absolute Gasteiger partial charge is 0.159 e. The first kappa shape index (κ1) is 9.15. The van der Waals surface area contributed by atoms with Crippen LogP contribution in [0.5, 0.6) is 0 Å². The van der Waals surface area contributed by atoms with Gasteiger partial charge in [0.1, 0.15) is 5.69 Å². The van der Waals surface area contributed by atoms with Gasteiger partial charge in [0.25, 0.3) is 0 Å². The summed E-state index contributed by atoms with van der Waals surface area (Å²) >= 11 is 0. The Hall–Kier alpha value is -2.10. The van der Waals surface area contributed by atoms with Gasteiger partial charge in [-0.3, -0.25) is 5.10 Å². The predicted octanol–water partition coefficient (Wildman–Crippen LogP) is 2.37. The molecule has 0 amide bonds. The van der Waals surface area contributed by atoms with Gasteiger partial charge in [-0.25, -0.2) is 4.98 Å². The molecule has 1 aromatic carbocycles. The largest absolute Gasteiger partial charge is 0.337 e. The fraction of sp³-hybridized carbons (Fsp3) is 0.167. The van der Waals surface area contributed by atoms with Crippen LogP contribution in [0, 0.1) is 19.9 Å². The second-order valence-corrected chi connectivity index (χ2v) is 3.92. The van der Waals surface area contributed by atoms with Gasteiger partial charge < -0.3 is 4.98 Å². The maximum absolute atomic E-state index is 4.49. The predicted molar refractivity (Wildman–Crippen MR) is 62.0 cm³/mol. The van der Waals surface area contributed by atoms with Gasteiger partial charge in [-0.15, -0.1) is 0 Å². The summed E-state index contributed by atoms with van der Waals surface area (Å²) in [5.41, 5.74) is 5.22. The van der Waals surface area contributed by atoms with Crippen molar-refractivity contribution in [3.05, 3.63) is 35.5 Å². The molecule has 0 atom stereocenters. The Balaban J connectivity index is 2.23. The van der Waals surface area contributed by atoms with Gasteiger partial charge >= 0.3 is 0 Å². The zero-order valence-corrected chi connectivity index (χ0v) is 9.13. The Bertz CT molecular complexity index is 595. The highest BCUT2D eigenvalue weighted by Gasteiger charge is 2.08. The van der Waals surface area contributed by atoms with E-state index in [0.29, 0.717) is 5.69 Å². The third-order valence-corrected chi connectivity index (χ3v) is 2.77. The zero-order valence-electron chi connectivity index (χ0n) is 9.13. The zero-order chi connectivity index (χ0) is 11.1. The molecule has 0 saturated carbocycles. The van der Waals surface area contributed by atoms with Crippen LogP contribution in [0.4, 0.5) is 0 Å². The summed E-state index contributed by atoms with van der Waals surface area (Å²) in [6.45, 7) is 4.18. The van der Waals surface area contributed by atoms with Crippen molar-refractivity contribution < 1.29 is 0 Å². The molecule has 0 unspecified atom stereocenters. The Labute approximate surface area is 92.7 Å². The number of aromatic amines is 2. The molecule has 0 aliphatic carbocycles. The molecule has 0 fully saturated rings. The Morgan fingerprint density at radius 3 is 2.75 bits per heavy atom. The maximum atomic E-state index is 4.49. The van der Waals surface area contributed by atoms with Crippen LogP contribution in [0.1, 0.15) is 11.1 Å². The lowest BCUT2D eigenvalue weighted by molar-refractivity contribution is 1.08. The molecule has 3 rings (SSSR count). The number of nitrogens with one attached hydrogen (secondary N) is 2. The monoisotopic (exact) mass is 211 g/mol. The topological polar surface area (TPSA) is 57.4 Å². The summed E-state index contributed by atoms with van der Waals surface area (Å²) in [4.78, 5) is 7.73. The molecular formula is C12H11N4. The average Bonchev–Trinajstić information content (AvgIpc) is 2.86. The number of hydrogen-bond donors (Lipinski definition) is 2. The van der Waals surface area contributed by atoms with Gasteiger partial charge in [-0.2, -0.15) is 5.10 Å². The van der Waals surface area contributed by atoms with Crippen molar-refractivity contribution in [2.45, 2.75) is 13.8 Å². The third kappa shape index (κ3) is 1.31. The fourth-order valence-corrected chi connectivity index (χ4v) is 1.73. The average molecular weight is 211 g/mol. The van der Waals surface area contributed by atoms with Crippen LogP contribution in [0.25, 0.3) is 22.6 Å². The Morgan fingerprint density at radius 1 is 1.19 bits per heavy atom. The molecule has 0 bridgehead atoms. The third-order valence-electron chi connectivity index (χ3n) is 2.77. The molecule has 0 saturated heterocycles. The first-order valence-electron chi connectivity index (χ1n) is 5.13. The molecule has 0 aliphatic rings. The molecule has 2 heterocycles. The number of imidazole rings is 1. The lowest BCUT2D eigenvalue weighted by atomic mass is 10.1. The second-order valence-electron chi connectivity index (χ2n) is 3.92. The van der Waals surface area contributed by atoms with Crippen LogP contribution in [0.15, 0.2) is 18.3 Å². The SMILES string of the molecule is Cc1cc2nc(-c3[c]c[nH]n3)[nH]c2cc1C. The van der Waals surface area contributed by atoms with Gasteiger partial charge in [-0.05, 0) is 37.1 Å². The molecule has 16 heavy (non-hydrogen) atoms. The quantitative estimate of drug-likeness (QED) is 0.649. The maximum Gasteiger partial charge on any atom is 0.159 e. The minimum absolute atomic E-state index is 0.714. The van der Waals surface area contributed by atoms with E-state index >= 15 is 0 Å². The van der Waals surface area contributed by atoms with E-state index in [1.165, 1.54) is 11.1 Å².